The number of carbonyl (C=O) groups excluding carboxylic acids is 2. The summed E-state index contributed by atoms with van der Waals surface area (Å²) in [7, 11) is 2.25. The molecule has 0 aromatic carbocycles. The summed E-state index contributed by atoms with van der Waals surface area (Å²) in [5.74, 6) is -1.72. The van der Waals surface area contributed by atoms with Crippen molar-refractivity contribution in [2.45, 2.75) is 12.2 Å². The molecule has 1 aromatic rings. The van der Waals surface area contributed by atoms with Gasteiger partial charge in [-0.25, -0.2) is 9.59 Å². The zero-order chi connectivity index (χ0) is 13.7. The van der Waals surface area contributed by atoms with Crippen LogP contribution in [0.4, 0.5) is 0 Å². The minimum Gasteiger partial charge on any atom is -0.467 e. The molecule has 2 N–H and O–H groups in total. The lowest BCUT2D eigenvalue weighted by Crippen LogP contribution is -2.30. The molecule has 0 aliphatic heterocycles. The molecule has 0 bridgehead atoms. The van der Waals surface area contributed by atoms with Gasteiger partial charge >= 0.3 is 11.9 Å². The molecular formula is C11H13NO6. The minimum absolute atomic E-state index is 0.0118. The van der Waals surface area contributed by atoms with Crippen molar-refractivity contribution in [1.29, 1.82) is 0 Å². The van der Waals surface area contributed by atoms with Gasteiger partial charge in [0.1, 0.15) is 6.10 Å². The van der Waals surface area contributed by atoms with E-state index in [1.807, 2.05) is 0 Å². The highest BCUT2D eigenvalue weighted by Crippen LogP contribution is 2.21. The van der Waals surface area contributed by atoms with Gasteiger partial charge in [0.2, 0.25) is 0 Å². The Balaban J connectivity index is 3.09. The van der Waals surface area contributed by atoms with E-state index in [9.17, 15) is 19.8 Å². The van der Waals surface area contributed by atoms with Crippen molar-refractivity contribution < 1.29 is 29.3 Å². The molecular weight excluding hydrogens is 242 g/mol. The van der Waals surface area contributed by atoms with Crippen molar-refractivity contribution in [1.82, 2.24) is 4.98 Å². The number of aliphatic hydroxyl groups excluding tert-OH is 2. The summed E-state index contributed by atoms with van der Waals surface area (Å²) < 4.78 is 8.81. The molecule has 7 nitrogen and oxygen atoms in total. The number of methoxy groups -OCH3 is 2. The number of carbonyl (C=O) groups is 2. The summed E-state index contributed by atoms with van der Waals surface area (Å²) in [4.78, 5) is 26.3. The highest BCUT2D eigenvalue weighted by atomic mass is 16.5. The standard InChI is InChI=1S/C11H13NO6/c1-17-10(15)6-3-4-12-5-7(6)8(13)9(14)11(16)18-2/h3-5,8-9,13-14H,1-2H3. The number of ether oxygens (including phenoxy) is 2. The van der Waals surface area contributed by atoms with Gasteiger partial charge in [0.25, 0.3) is 0 Å². The van der Waals surface area contributed by atoms with Gasteiger partial charge in [-0.3, -0.25) is 4.98 Å². The van der Waals surface area contributed by atoms with Crippen LogP contribution in [0.15, 0.2) is 18.5 Å². The summed E-state index contributed by atoms with van der Waals surface area (Å²) in [6.07, 6.45) is -0.932. The van der Waals surface area contributed by atoms with E-state index in [1.54, 1.807) is 0 Å². The van der Waals surface area contributed by atoms with Gasteiger partial charge in [0.05, 0.1) is 19.8 Å². The molecule has 0 aliphatic carbocycles. The van der Waals surface area contributed by atoms with Gasteiger partial charge in [-0.15, -0.1) is 0 Å². The minimum atomic E-state index is -1.80. The van der Waals surface area contributed by atoms with Crippen LogP contribution in [0, 0.1) is 0 Å². The Bertz CT molecular complexity index is 447. The Kier molecular flexibility index (Phi) is 4.75. The van der Waals surface area contributed by atoms with E-state index in [2.05, 4.69) is 14.5 Å². The fraction of sp³-hybridized carbons (Fsp3) is 0.364. The SMILES string of the molecule is COC(=O)c1ccncc1C(O)C(O)C(=O)OC. The van der Waals surface area contributed by atoms with E-state index >= 15 is 0 Å². The summed E-state index contributed by atoms with van der Waals surface area (Å²) in [6.45, 7) is 0. The van der Waals surface area contributed by atoms with Crippen molar-refractivity contribution >= 4 is 11.9 Å². The van der Waals surface area contributed by atoms with Crippen molar-refractivity contribution in [3.05, 3.63) is 29.6 Å². The van der Waals surface area contributed by atoms with Crippen LogP contribution in [0.1, 0.15) is 22.0 Å². The second kappa shape index (κ2) is 6.08. The predicted octanol–water partition coefficient (Wildman–Crippen LogP) is -0.565. The molecule has 0 saturated carbocycles. The van der Waals surface area contributed by atoms with Crippen LogP contribution < -0.4 is 0 Å². The Morgan fingerprint density at radius 1 is 1.28 bits per heavy atom. The number of rotatable bonds is 4. The van der Waals surface area contributed by atoms with Crippen LogP contribution in [0.2, 0.25) is 0 Å². The van der Waals surface area contributed by atoms with Crippen molar-refractivity contribution in [3.63, 3.8) is 0 Å². The van der Waals surface area contributed by atoms with Gasteiger partial charge in [-0.1, -0.05) is 0 Å². The maximum Gasteiger partial charge on any atom is 0.338 e. The molecule has 0 fully saturated rings. The Labute approximate surface area is 103 Å². The molecule has 1 heterocycles. The van der Waals surface area contributed by atoms with E-state index in [-0.39, 0.29) is 11.1 Å². The molecule has 0 radical (unpaired) electrons. The van der Waals surface area contributed by atoms with E-state index in [0.717, 1.165) is 7.11 Å². The summed E-state index contributed by atoms with van der Waals surface area (Å²) in [5.41, 5.74) is 0.00482. The maximum absolute atomic E-state index is 11.4. The molecule has 0 amide bonds. The molecule has 2 atom stereocenters. The molecule has 2 unspecified atom stereocenters. The zero-order valence-electron chi connectivity index (χ0n) is 9.86. The van der Waals surface area contributed by atoms with Crippen molar-refractivity contribution in [2.75, 3.05) is 14.2 Å². The van der Waals surface area contributed by atoms with Gasteiger partial charge in [-0.05, 0) is 6.07 Å². The molecule has 7 heteroatoms. The number of nitrogens with zero attached hydrogens (tertiary/aromatic N) is 1. The van der Waals surface area contributed by atoms with E-state index < -0.39 is 24.1 Å². The topological polar surface area (TPSA) is 106 Å². The Morgan fingerprint density at radius 2 is 1.94 bits per heavy atom. The first-order valence-corrected chi connectivity index (χ1v) is 4.99. The lowest BCUT2D eigenvalue weighted by molar-refractivity contribution is -0.156. The Morgan fingerprint density at radius 3 is 2.50 bits per heavy atom. The third-order valence-corrected chi connectivity index (χ3v) is 2.32. The number of esters is 2. The van der Waals surface area contributed by atoms with Crippen molar-refractivity contribution in [3.8, 4) is 0 Å². The number of aliphatic hydroxyl groups is 2. The average Bonchev–Trinajstić information content (AvgIpc) is 2.43. The highest BCUT2D eigenvalue weighted by Gasteiger charge is 2.30. The monoisotopic (exact) mass is 255 g/mol. The van der Waals surface area contributed by atoms with Crippen LogP contribution in [0.5, 0.6) is 0 Å². The van der Waals surface area contributed by atoms with Gasteiger partial charge in [-0.2, -0.15) is 0 Å². The van der Waals surface area contributed by atoms with E-state index in [1.165, 1.54) is 25.6 Å². The van der Waals surface area contributed by atoms with Gasteiger partial charge in [0, 0.05) is 18.0 Å². The fourth-order valence-corrected chi connectivity index (χ4v) is 1.36. The van der Waals surface area contributed by atoms with Crippen LogP contribution >= 0.6 is 0 Å². The number of hydrogen-bond acceptors (Lipinski definition) is 7. The van der Waals surface area contributed by atoms with E-state index in [4.69, 9.17) is 0 Å². The second-order valence-electron chi connectivity index (χ2n) is 3.37. The average molecular weight is 255 g/mol. The number of hydrogen-bond donors (Lipinski definition) is 2. The van der Waals surface area contributed by atoms with Crippen LogP contribution in [-0.2, 0) is 14.3 Å². The smallest absolute Gasteiger partial charge is 0.338 e. The fourth-order valence-electron chi connectivity index (χ4n) is 1.36. The van der Waals surface area contributed by atoms with Crippen molar-refractivity contribution in [2.24, 2.45) is 0 Å². The molecule has 0 saturated heterocycles. The highest BCUT2D eigenvalue weighted by molar-refractivity contribution is 5.91. The molecule has 0 spiro atoms. The lowest BCUT2D eigenvalue weighted by atomic mass is 10.0. The zero-order valence-corrected chi connectivity index (χ0v) is 9.86. The maximum atomic E-state index is 11.4. The third-order valence-electron chi connectivity index (χ3n) is 2.32. The molecule has 1 aromatic heterocycles. The largest absolute Gasteiger partial charge is 0.467 e. The first-order valence-electron chi connectivity index (χ1n) is 4.99. The van der Waals surface area contributed by atoms with Crippen LogP contribution in [0.25, 0.3) is 0 Å². The van der Waals surface area contributed by atoms with Gasteiger partial charge < -0.3 is 19.7 Å². The second-order valence-corrected chi connectivity index (χ2v) is 3.37. The lowest BCUT2D eigenvalue weighted by Gasteiger charge is -2.17. The predicted molar refractivity (Wildman–Crippen MR) is 58.6 cm³/mol. The molecule has 1 rings (SSSR count). The number of pyridine rings is 1. The van der Waals surface area contributed by atoms with E-state index in [0.29, 0.717) is 0 Å². The van der Waals surface area contributed by atoms with Gasteiger partial charge in [0.15, 0.2) is 6.10 Å². The summed E-state index contributed by atoms with van der Waals surface area (Å²) in [6, 6.07) is 1.31. The first kappa shape index (κ1) is 14.1. The third kappa shape index (κ3) is 2.82. The van der Waals surface area contributed by atoms with Crippen LogP contribution in [-0.4, -0.2) is 47.5 Å². The van der Waals surface area contributed by atoms with Crippen LogP contribution in [0.3, 0.4) is 0 Å². The summed E-state index contributed by atoms with van der Waals surface area (Å²) in [5, 5.41) is 19.3. The molecule has 0 aliphatic rings. The molecule has 18 heavy (non-hydrogen) atoms. The number of aromatic nitrogens is 1. The normalized spacial score (nSPS) is 13.6. The summed E-state index contributed by atoms with van der Waals surface area (Å²) >= 11 is 0. The molecule has 98 valence electrons. The first-order chi connectivity index (χ1) is 8.52. The Hall–Kier alpha value is -1.99. The quantitative estimate of drug-likeness (QED) is 0.694.